The van der Waals surface area contributed by atoms with Gasteiger partial charge in [0.25, 0.3) is 0 Å². The third-order valence-corrected chi connectivity index (χ3v) is 4.12. The van der Waals surface area contributed by atoms with Crippen LogP contribution in [0.1, 0.15) is 32.1 Å². The summed E-state index contributed by atoms with van der Waals surface area (Å²) in [5.74, 6) is 1.58. The normalized spacial score (nSPS) is 26.6. The number of guanidine groups is 1. The minimum atomic E-state index is 0.579. The molecule has 0 aromatic heterocycles. The lowest BCUT2D eigenvalue weighted by atomic mass is 9.83. The van der Waals surface area contributed by atoms with Crippen molar-refractivity contribution in [2.75, 3.05) is 33.7 Å². The summed E-state index contributed by atoms with van der Waals surface area (Å²) in [6.07, 6.45) is 6.93. The molecule has 1 atom stereocenters. The molecule has 0 spiro atoms. The average molecular weight is 238 g/mol. The molecule has 98 valence electrons. The molecule has 1 aliphatic heterocycles. The van der Waals surface area contributed by atoms with Gasteiger partial charge in [0, 0.05) is 13.1 Å². The van der Waals surface area contributed by atoms with Crippen molar-refractivity contribution in [3.63, 3.8) is 0 Å². The van der Waals surface area contributed by atoms with E-state index in [1.807, 2.05) is 0 Å². The predicted molar refractivity (Wildman–Crippen MR) is 72.1 cm³/mol. The first-order chi connectivity index (χ1) is 8.18. The Balaban J connectivity index is 1.92. The van der Waals surface area contributed by atoms with Gasteiger partial charge in [0.15, 0.2) is 5.96 Å². The third kappa shape index (κ3) is 3.12. The molecule has 0 radical (unpaired) electrons. The molecule has 0 amide bonds. The second-order valence-corrected chi connectivity index (χ2v) is 5.66. The molecule has 2 N–H and O–H groups in total. The molecule has 0 saturated heterocycles. The van der Waals surface area contributed by atoms with E-state index in [1.165, 1.54) is 32.1 Å². The van der Waals surface area contributed by atoms with E-state index in [9.17, 15) is 0 Å². The summed E-state index contributed by atoms with van der Waals surface area (Å²) >= 11 is 0. The van der Waals surface area contributed by atoms with Gasteiger partial charge in [-0.05, 0) is 32.9 Å². The Labute approximate surface area is 105 Å². The van der Waals surface area contributed by atoms with Crippen molar-refractivity contribution >= 4 is 5.96 Å². The van der Waals surface area contributed by atoms with Crippen LogP contribution in [0.2, 0.25) is 0 Å². The van der Waals surface area contributed by atoms with Crippen molar-refractivity contribution in [1.82, 2.24) is 9.80 Å². The molecule has 1 fully saturated rings. The smallest absolute Gasteiger partial charge is 0.191 e. The summed E-state index contributed by atoms with van der Waals surface area (Å²) in [6.45, 7) is 2.99. The highest BCUT2D eigenvalue weighted by atomic mass is 15.3. The highest BCUT2D eigenvalue weighted by Gasteiger charge is 2.33. The van der Waals surface area contributed by atoms with Crippen LogP contribution >= 0.6 is 0 Å². The van der Waals surface area contributed by atoms with Gasteiger partial charge in [0.2, 0.25) is 0 Å². The van der Waals surface area contributed by atoms with Gasteiger partial charge in [0.1, 0.15) is 0 Å². The largest absolute Gasteiger partial charge is 0.370 e. The molecule has 4 heteroatoms. The van der Waals surface area contributed by atoms with E-state index < -0.39 is 0 Å². The fourth-order valence-electron chi connectivity index (χ4n) is 3.06. The maximum atomic E-state index is 6.02. The fourth-order valence-corrected chi connectivity index (χ4v) is 3.06. The van der Waals surface area contributed by atoms with Crippen LogP contribution in [-0.4, -0.2) is 55.5 Å². The molecule has 4 nitrogen and oxygen atoms in total. The first-order valence-electron chi connectivity index (χ1n) is 6.90. The van der Waals surface area contributed by atoms with E-state index in [4.69, 9.17) is 5.73 Å². The maximum absolute atomic E-state index is 6.02. The minimum Gasteiger partial charge on any atom is -0.370 e. The summed E-state index contributed by atoms with van der Waals surface area (Å²) in [6, 6.07) is 0.579. The van der Waals surface area contributed by atoms with Gasteiger partial charge in [-0.1, -0.05) is 19.3 Å². The van der Waals surface area contributed by atoms with Crippen LogP contribution in [0.4, 0.5) is 0 Å². The summed E-state index contributed by atoms with van der Waals surface area (Å²) < 4.78 is 0. The summed E-state index contributed by atoms with van der Waals surface area (Å²) in [5.41, 5.74) is 6.02. The van der Waals surface area contributed by atoms with Gasteiger partial charge in [-0.25, -0.2) is 0 Å². The first kappa shape index (κ1) is 12.7. The zero-order valence-corrected chi connectivity index (χ0v) is 11.2. The van der Waals surface area contributed by atoms with Crippen LogP contribution in [0.25, 0.3) is 0 Å². The van der Waals surface area contributed by atoms with Crippen LogP contribution in [-0.2, 0) is 0 Å². The lowest BCUT2D eigenvalue weighted by Gasteiger charge is -2.35. The number of nitrogens with two attached hydrogens (primary N) is 1. The Kier molecular flexibility index (Phi) is 4.26. The van der Waals surface area contributed by atoms with E-state index in [-0.39, 0.29) is 0 Å². The molecule has 1 saturated carbocycles. The van der Waals surface area contributed by atoms with E-state index in [0.29, 0.717) is 6.04 Å². The zero-order chi connectivity index (χ0) is 12.3. The number of hydrogen-bond acceptors (Lipinski definition) is 4. The highest BCUT2D eigenvalue weighted by molar-refractivity contribution is 5.80. The monoisotopic (exact) mass is 238 g/mol. The Morgan fingerprint density at radius 1 is 1.29 bits per heavy atom. The molecular weight excluding hydrogens is 212 g/mol. The Morgan fingerprint density at radius 2 is 2.00 bits per heavy atom. The fraction of sp³-hybridized carbons (Fsp3) is 0.923. The molecule has 17 heavy (non-hydrogen) atoms. The number of likely N-dealkylation sites (N-methyl/N-ethyl adjacent to an activating group) is 1. The number of aliphatic imine (C=N–C) groups is 1. The van der Waals surface area contributed by atoms with Crippen molar-refractivity contribution in [1.29, 1.82) is 0 Å². The molecule has 1 aliphatic carbocycles. The summed E-state index contributed by atoms with van der Waals surface area (Å²) in [7, 11) is 4.22. The lowest BCUT2D eigenvalue weighted by molar-refractivity contribution is 0.191. The first-order valence-corrected chi connectivity index (χ1v) is 6.90. The van der Waals surface area contributed by atoms with Crippen molar-refractivity contribution in [2.24, 2.45) is 16.6 Å². The van der Waals surface area contributed by atoms with Crippen LogP contribution < -0.4 is 5.73 Å². The molecule has 2 rings (SSSR count). The van der Waals surface area contributed by atoms with Gasteiger partial charge in [-0.3, -0.25) is 4.99 Å². The molecule has 0 aromatic carbocycles. The second-order valence-electron chi connectivity index (χ2n) is 5.66. The highest BCUT2D eigenvalue weighted by Crippen LogP contribution is 2.30. The third-order valence-electron chi connectivity index (χ3n) is 4.12. The van der Waals surface area contributed by atoms with Crippen molar-refractivity contribution in [2.45, 2.75) is 38.1 Å². The Hall–Kier alpha value is -0.770. The number of hydrogen-bond donors (Lipinski definition) is 1. The van der Waals surface area contributed by atoms with E-state index in [0.717, 1.165) is 31.5 Å². The van der Waals surface area contributed by atoms with Crippen molar-refractivity contribution in [3.05, 3.63) is 0 Å². The number of rotatable bonds is 4. The van der Waals surface area contributed by atoms with Crippen molar-refractivity contribution < 1.29 is 0 Å². The molecular formula is C13H26N4. The van der Waals surface area contributed by atoms with E-state index in [1.54, 1.807) is 0 Å². The van der Waals surface area contributed by atoms with Gasteiger partial charge in [0.05, 0.1) is 12.6 Å². The average Bonchev–Trinajstić information content (AvgIpc) is 2.69. The minimum absolute atomic E-state index is 0.579. The molecule has 2 aliphatic rings. The maximum Gasteiger partial charge on any atom is 0.191 e. The zero-order valence-electron chi connectivity index (χ0n) is 11.2. The molecule has 1 heterocycles. The summed E-state index contributed by atoms with van der Waals surface area (Å²) in [5, 5.41) is 0. The quantitative estimate of drug-likeness (QED) is 0.798. The molecule has 0 aromatic rings. The van der Waals surface area contributed by atoms with Crippen LogP contribution in [0.15, 0.2) is 4.99 Å². The number of nitrogens with zero attached hydrogens (tertiary/aromatic N) is 3. The Bertz CT molecular complexity index is 269. The van der Waals surface area contributed by atoms with Crippen LogP contribution in [0.3, 0.4) is 0 Å². The second kappa shape index (κ2) is 5.71. The van der Waals surface area contributed by atoms with E-state index >= 15 is 0 Å². The standard InChI is InChI=1S/C13H26N4/c1-16(2)8-9-17-12(10-15-13(17)14)11-6-4-3-5-7-11/h11-12H,3-10H2,1-2H3,(H2,14,15). The molecule has 1 unspecified atom stereocenters. The van der Waals surface area contributed by atoms with E-state index in [2.05, 4.69) is 28.9 Å². The van der Waals surface area contributed by atoms with Gasteiger partial charge in [-0.15, -0.1) is 0 Å². The van der Waals surface area contributed by atoms with Gasteiger partial charge >= 0.3 is 0 Å². The SMILES string of the molecule is CN(C)CCN1C(N)=NCC1C1CCCCC1. The summed E-state index contributed by atoms with van der Waals surface area (Å²) in [4.78, 5) is 9.01. The van der Waals surface area contributed by atoms with Crippen LogP contribution in [0.5, 0.6) is 0 Å². The van der Waals surface area contributed by atoms with Gasteiger partial charge < -0.3 is 15.5 Å². The van der Waals surface area contributed by atoms with Gasteiger partial charge in [-0.2, -0.15) is 0 Å². The van der Waals surface area contributed by atoms with Crippen molar-refractivity contribution in [3.8, 4) is 0 Å². The predicted octanol–water partition coefficient (Wildman–Crippen LogP) is 1.13. The Morgan fingerprint density at radius 3 is 2.65 bits per heavy atom. The molecule has 0 bridgehead atoms. The lowest BCUT2D eigenvalue weighted by Crippen LogP contribution is -2.47. The van der Waals surface area contributed by atoms with Crippen LogP contribution in [0, 0.1) is 5.92 Å². The topological polar surface area (TPSA) is 44.9 Å².